The van der Waals surface area contributed by atoms with E-state index >= 15 is 0 Å². The molecule has 1 aromatic heterocycles. The normalized spacial score (nSPS) is 22.4. The van der Waals surface area contributed by atoms with Gasteiger partial charge in [-0.15, -0.1) is 11.3 Å². The zero-order valence-electron chi connectivity index (χ0n) is 10.3. The van der Waals surface area contributed by atoms with Gasteiger partial charge in [0.15, 0.2) is 9.84 Å². The highest BCUT2D eigenvalue weighted by Crippen LogP contribution is 2.31. The molecule has 1 atom stereocenters. The van der Waals surface area contributed by atoms with Crippen molar-refractivity contribution in [3.63, 3.8) is 0 Å². The molecule has 2 aromatic rings. The van der Waals surface area contributed by atoms with E-state index in [1.165, 1.54) is 0 Å². The fourth-order valence-electron chi connectivity index (χ4n) is 2.43. The van der Waals surface area contributed by atoms with Gasteiger partial charge in [0.05, 0.1) is 33.1 Å². The van der Waals surface area contributed by atoms with Crippen LogP contribution in [0.4, 0.5) is 11.4 Å². The molecular weight excluding hydrogens is 282 g/mol. The predicted octanol–water partition coefficient (Wildman–Crippen LogP) is 1.87. The molecular formula is C12H15N3O2S2. The molecule has 102 valence electrons. The van der Waals surface area contributed by atoms with E-state index in [0.29, 0.717) is 17.9 Å². The van der Waals surface area contributed by atoms with Crippen molar-refractivity contribution in [2.45, 2.75) is 18.9 Å². The van der Waals surface area contributed by atoms with Crippen molar-refractivity contribution in [3.8, 4) is 0 Å². The highest BCUT2D eigenvalue weighted by atomic mass is 32.2. The number of rotatable bonds is 2. The van der Waals surface area contributed by atoms with E-state index in [2.05, 4.69) is 10.3 Å². The topological polar surface area (TPSA) is 85.1 Å². The third-order valence-electron chi connectivity index (χ3n) is 3.36. The Labute approximate surface area is 115 Å². The van der Waals surface area contributed by atoms with Crippen LogP contribution in [0.25, 0.3) is 10.2 Å². The van der Waals surface area contributed by atoms with Crippen molar-refractivity contribution in [3.05, 3.63) is 17.6 Å². The van der Waals surface area contributed by atoms with Crippen LogP contribution < -0.4 is 11.1 Å². The van der Waals surface area contributed by atoms with Crippen molar-refractivity contribution in [1.82, 2.24) is 4.98 Å². The van der Waals surface area contributed by atoms with Gasteiger partial charge in [0, 0.05) is 6.04 Å². The Kier molecular flexibility index (Phi) is 3.10. The zero-order valence-corrected chi connectivity index (χ0v) is 11.9. The van der Waals surface area contributed by atoms with Gasteiger partial charge in [0.1, 0.15) is 5.52 Å². The number of nitrogens with zero attached hydrogens (tertiary/aromatic N) is 1. The number of hydrogen-bond donors (Lipinski definition) is 2. The van der Waals surface area contributed by atoms with Crippen LogP contribution >= 0.6 is 11.3 Å². The molecule has 1 unspecified atom stereocenters. The van der Waals surface area contributed by atoms with E-state index in [0.717, 1.165) is 22.3 Å². The minimum atomic E-state index is -2.91. The van der Waals surface area contributed by atoms with Crippen LogP contribution in [-0.4, -0.2) is 30.9 Å². The van der Waals surface area contributed by atoms with Crippen molar-refractivity contribution in [2.24, 2.45) is 0 Å². The van der Waals surface area contributed by atoms with Gasteiger partial charge in [-0.1, -0.05) is 0 Å². The first-order valence-electron chi connectivity index (χ1n) is 6.14. The molecule has 0 aliphatic carbocycles. The number of thiazole rings is 1. The molecule has 1 aliphatic heterocycles. The average molecular weight is 297 g/mol. The van der Waals surface area contributed by atoms with Gasteiger partial charge >= 0.3 is 0 Å². The molecule has 2 heterocycles. The summed E-state index contributed by atoms with van der Waals surface area (Å²) >= 11 is 1.54. The summed E-state index contributed by atoms with van der Waals surface area (Å²) in [5.74, 6) is 0.479. The van der Waals surface area contributed by atoms with Crippen LogP contribution in [0.2, 0.25) is 0 Å². The van der Waals surface area contributed by atoms with Gasteiger partial charge < -0.3 is 11.1 Å². The van der Waals surface area contributed by atoms with Gasteiger partial charge in [-0.2, -0.15) is 0 Å². The highest BCUT2D eigenvalue weighted by Gasteiger charge is 2.25. The smallest absolute Gasteiger partial charge is 0.152 e. The summed E-state index contributed by atoms with van der Waals surface area (Å²) in [6.45, 7) is 0. The van der Waals surface area contributed by atoms with E-state index in [1.54, 1.807) is 16.8 Å². The van der Waals surface area contributed by atoms with Crippen molar-refractivity contribution < 1.29 is 8.42 Å². The molecule has 0 amide bonds. The first-order valence-corrected chi connectivity index (χ1v) is 8.84. The lowest BCUT2D eigenvalue weighted by Crippen LogP contribution is -2.35. The van der Waals surface area contributed by atoms with Gasteiger partial charge in [0.2, 0.25) is 0 Å². The van der Waals surface area contributed by atoms with Crippen LogP contribution in [0.3, 0.4) is 0 Å². The molecule has 5 nitrogen and oxygen atoms in total. The maximum Gasteiger partial charge on any atom is 0.152 e. The van der Waals surface area contributed by atoms with E-state index in [-0.39, 0.29) is 11.8 Å². The van der Waals surface area contributed by atoms with Crippen molar-refractivity contribution in [1.29, 1.82) is 0 Å². The fraction of sp³-hybridized carbons (Fsp3) is 0.417. The van der Waals surface area contributed by atoms with Crippen LogP contribution in [0.15, 0.2) is 17.6 Å². The Morgan fingerprint density at radius 3 is 3.05 bits per heavy atom. The molecule has 0 saturated carbocycles. The van der Waals surface area contributed by atoms with Crippen molar-refractivity contribution >= 4 is 42.8 Å². The van der Waals surface area contributed by atoms with Crippen LogP contribution in [0, 0.1) is 0 Å². The predicted molar refractivity (Wildman–Crippen MR) is 79.3 cm³/mol. The summed E-state index contributed by atoms with van der Waals surface area (Å²) in [4.78, 5) is 4.24. The zero-order chi connectivity index (χ0) is 13.5. The number of benzene rings is 1. The van der Waals surface area contributed by atoms with Gasteiger partial charge in [-0.25, -0.2) is 13.4 Å². The van der Waals surface area contributed by atoms with E-state index < -0.39 is 9.84 Å². The molecule has 1 fully saturated rings. The Hall–Kier alpha value is -1.34. The SMILES string of the molecule is Nc1c(NC2CCCS(=O)(=O)C2)ccc2scnc12. The summed E-state index contributed by atoms with van der Waals surface area (Å²) in [5.41, 5.74) is 10.0. The van der Waals surface area contributed by atoms with Crippen LogP contribution in [0.1, 0.15) is 12.8 Å². The second-order valence-corrected chi connectivity index (χ2v) is 7.94. The molecule has 1 aromatic carbocycles. The first kappa shape index (κ1) is 12.7. The molecule has 1 aliphatic rings. The lowest BCUT2D eigenvalue weighted by atomic mass is 10.1. The Balaban J connectivity index is 1.87. The molecule has 3 N–H and O–H groups in total. The minimum absolute atomic E-state index is 0.0582. The number of anilines is 2. The quantitative estimate of drug-likeness (QED) is 0.827. The molecule has 0 radical (unpaired) electrons. The molecule has 19 heavy (non-hydrogen) atoms. The van der Waals surface area contributed by atoms with Crippen LogP contribution in [-0.2, 0) is 9.84 Å². The second kappa shape index (κ2) is 4.64. The number of nitrogens with two attached hydrogens (primary N) is 1. The second-order valence-electron chi connectivity index (χ2n) is 4.82. The largest absolute Gasteiger partial charge is 0.395 e. The number of nitrogens with one attached hydrogen (secondary N) is 1. The standard InChI is InChI=1S/C12H15N3O2S2/c13-11-9(3-4-10-12(11)14-7-18-10)15-8-2-1-5-19(16,17)6-8/h3-4,7-8,15H,1-2,5-6,13H2. The maximum atomic E-state index is 11.6. The summed E-state index contributed by atoms with van der Waals surface area (Å²) in [6.07, 6.45) is 1.56. The Morgan fingerprint density at radius 2 is 2.26 bits per heavy atom. The number of fused-ring (bicyclic) bond motifs is 1. The Bertz CT molecular complexity index is 709. The Morgan fingerprint density at radius 1 is 1.42 bits per heavy atom. The monoisotopic (exact) mass is 297 g/mol. The third kappa shape index (κ3) is 2.52. The van der Waals surface area contributed by atoms with Crippen LogP contribution in [0.5, 0.6) is 0 Å². The van der Waals surface area contributed by atoms with Gasteiger partial charge in [-0.3, -0.25) is 0 Å². The van der Waals surface area contributed by atoms with Gasteiger partial charge in [0.25, 0.3) is 0 Å². The first-order chi connectivity index (χ1) is 9.05. The van der Waals surface area contributed by atoms with Crippen molar-refractivity contribution in [2.75, 3.05) is 22.6 Å². The number of hydrogen-bond acceptors (Lipinski definition) is 6. The lowest BCUT2D eigenvalue weighted by Gasteiger charge is -2.24. The van der Waals surface area contributed by atoms with E-state index in [9.17, 15) is 8.42 Å². The third-order valence-corrected chi connectivity index (χ3v) is 5.98. The van der Waals surface area contributed by atoms with E-state index in [4.69, 9.17) is 5.73 Å². The minimum Gasteiger partial charge on any atom is -0.395 e. The summed E-state index contributed by atoms with van der Waals surface area (Å²) in [5, 5.41) is 3.25. The lowest BCUT2D eigenvalue weighted by molar-refractivity contribution is 0.562. The average Bonchev–Trinajstić information content (AvgIpc) is 2.80. The number of nitrogen functional groups attached to an aromatic ring is 1. The summed E-state index contributed by atoms with van der Waals surface area (Å²) < 4.78 is 24.3. The molecule has 0 spiro atoms. The molecule has 3 rings (SSSR count). The molecule has 0 bridgehead atoms. The summed E-state index contributed by atoms with van der Waals surface area (Å²) in [7, 11) is -2.91. The summed E-state index contributed by atoms with van der Waals surface area (Å²) in [6, 6.07) is 3.80. The molecule has 1 saturated heterocycles. The number of sulfone groups is 1. The molecule has 7 heteroatoms. The fourth-order valence-corrected chi connectivity index (χ4v) is 4.76. The highest BCUT2D eigenvalue weighted by molar-refractivity contribution is 7.91. The van der Waals surface area contributed by atoms with Gasteiger partial charge in [-0.05, 0) is 25.0 Å². The van der Waals surface area contributed by atoms with E-state index in [1.807, 2.05) is 12.1 Å². The number of aromatic nitrogens is 1. The maximum absolute atomic E-state index is 11.6.